The number of hydrogen-bond acceptors (Lipinski definition) is 3. The Labute approximate surface area is 137 Å². The minimum Gasteiger partial charge on any atom is -0.504 e. The molecule has 0 saturated heterocycles. The van der Waals surface area contributed by atoms with Crippen LogP contribution in [0.4, 0.5) is 5.69 Å². The molecule has 2 rings (SSSR count). The highest BCUT2D eigenvalue weighted by molar-refractivity contribution is 14.1. The molecule has 0 amide bonds. The van der Waals surface area contributed by atoms with Crippen LogP contribution < -0.4 is 10.1 Å². The Balaban J connectivity index is 2.21. The summed E-state index contributed by atoms with van der Waals surface area (Å²) in [7, 11) is 1.53. The smallest absolute Gasteiger partial charge is 0.160 e. The average Bonchev–Trinajstić information content (AvgIpc) is 2.42. The van der Waals surface area contributed by atoms with Gasteiger partial charge >= 0.3 is 0 Å². The molecule has 2 N–H and O–H groups in total. The van der Waals surface area contributed by atoms with Gasteiger partial charge in [0.1, 0.15) is 0 Å². The minimum absolute atomic E-state index is 0.0436. The number of anilines is 1. The second-order valence-corrected chi connectivity index (χ2v) is 6.07. The molecule has 0 aliphatic carbocycles. The molecule has 20 heavy (non-hydrogen) atoms. The van der Waals surface area contributed by atoms with Gasteiger partial charge in [0.15, 0.2) is 11.5 Å². The summed E-state index contributed by atoms with van der Waals surface area (Å²) in [6, 6.07) is 11.2. The van der Waals surface area contributed by atoms with Crippen molar-refractivity contribution in [3.63, 3.8) is 0 Å². The number of benzene rings is 2. The van der Waals surface area contributed by atoms with E-state index >= 15 is 0 Å². The lowest BCUT2D eigenvalue weighted by atomic mass is 10.1. The third kappa shape index (κ3) is 3.49. The second-order valence-electron chi connectivity index (χ2n) is 4.42. The van der Waals surface area contributed by atoms with E-state index in [4.69, 9.17) is 16.3 Å². The van der Waals surface area contributed by atoms with Crippen LogP contribution in [0.15, 0.2) is 36.4 Å². The summed E-state index contributed by atoms with van der Waals surface area (Å²) in [5, 5.41) is 13.7. The zero-order chi connectivity index (χ0) is 14.7. The molecule has 2 aromatic carbocycles. The first-order valence-corrected chi connectivity index (χ1v) is 7.55. The Hall–Kier alpha value is -1.14. The normalized spacial score (nSPS) is 12.0. The third-order valence-electron chi connectivity index (χ3n) is 3.01. The maximum absolute atomic E-state index is 9.61. The molecule has 0 radical (unpaired) electrons. The number of hydrogen-bond donors (Lipinski definition) is 2. The van der Waals surface area contributed by atoms with Crippen molar-refractivity contribution in [1.29, 1.82) is 0 Å². The molecule has 0 aromatic heterocycles. The van der Waals surface area contributed by atoms with E-state index in [1.807, 2.05) is 37.3 Å². The van der Waals surface area contributed by atoms with Crippen molar-refractivity contribution in [3.05, 3.63) is 50.6 Å². The summed E-state index contributed by atoms with van der Waals surface area (Å²) in [5.74, 6) is 0.598. The average molecular weight is 404 g/mol. The first-order valence-electron chi connectivity index (χ1n) is 6.09. The molecule has 2 aromatic rings. The number of ether oxygens (including phenoxy) is 1. The summed E-state index contributed by atoms with van der Waals surface area (Å²) >= 11 is 8.44. The number of methoxy groups -OCH3 is 1. The van der Waals surface area contributed by atoms with Gasteiger partial charge in [0.25, 0.3) is 0 Å². The zero-order valence-corrected chi connectivity index (χ0v) is 14.1. The Bertz CT molecular complexity index is 619. The Morgan fingerprint density at radius 1 is 1.25 bits per heavy atom. The van der Waals surface area contributed by atoms with E-state index < -0.39 is 0 Å². The van der Waals surface area contributed by atoms with E-state index in [0.717, 1.165) is 14.8 Å². The number of halogens is 2. The maximum atomic E-state index is 9.61. The summed E-state index contributed by atoms with van der Waals surface area (Å²) in [6.07, 6.45) is 0. The number of phenolic OH excluding ortho intramolecular Hbond substituents is 1. The van der Waals surface area contributed by atoms with Crippen molar-refractivity contribution < 1.29 is 9.84 Å². The fourth-order valence-electron chi connectivity index (χ4n) is 1.89. The molecular weight excluding hydrogens is 389 g/mol. The van der Waals surface area contributed by atoms with Crippen molar-refractivity contribution in [1.82, 2.24) is 0 Å². The van der Waals surface area contributed by atoms with Crippen LogP contribution in [-0.2, 0) is 0 Å². The van der Waals surface area contributed by atoms with Gasteiger partial charge in [-0.1, -0.05) is 17.7 Å². The Morgan fingerprint density at radius 3 is 2.65 bits per heavy atom. The van der Waals surface area contributed by atoms with Crippen LogP contribution in [0, 0.1) is 3.57 Å². The molecule has 0 aliphatic heterocycles. The van der Waals surface area contributed by atoms with E-state index in [1.165, 1.54) is 7.11 Å². The second kappa shape index (κ2) is 6.54. The van der Waals surface area contributed by atoms with Gasteiger partial charge in [0.05, 0.1) is 17.8 Å². The monoisotopic (exact) mass is 403 g/mol. The maximum Gasteiger partial charge on any atom is 0.160 e. The molecule has 0 aliphatic rings. The predicted octanol–water partition coefficient (Wildman–Crippen LogP) is 4.83. The van der Waals surface area contributed by atoms with Gasteiger partial charge in [-0.25, -0.2) is 0 Å². The molecule has 0 fully saturated rings. The minimum atomic E-state index is 0.0436. The van der Waals surface area contributed by atoms with Gasteiger partial charge in [0.2, 0.25) is 0 Å². The van der Waals surface area contributed by atoms with Crippen LogP contribution in [0.3, 0.4) is 0 Å². The molecule has 106 valence electrons. The molecule has 0 spiro atoms. The summed E-state index contributed by atoms with van der Waals surface area (Å²) in [4.78, 5) is 0. The molecule has 0 heterocycles. The lowest BCUT2D eigenvalue weighted by molar-refractivity contribution is 0.373. The highest BCUT2D eigenvalue weighted by Crippen LogP contribution is 2.32. The zero-order valence-electron chi connectivity index (χ0n) is 11.2. The van der Waals surface area contributed by atoms with Crippen LogP contribution in [0.1, 0.15) is 18.5 Å². The predicted molar refractivity (Wildman–Crippen MR) is 90.9 cm³/mol. The molecule has 0 saturated carbocycles. The van der Waals surface area contributed by atoms with E-state index in [2.05, 4.69) is 27.9 Å². The van der Waals surface area contributed by atoms with E-state index in [0.29, 0.717) is 10.8 Å². The topological polar surface area (TPSA) is 41.5 Å². The van der Waals surface area contributed by atoms with Gasteiger partial charge in [-0.15, -0.1) is 0 Å². The van der Waals surface area contributed by atoms with E-state index in [-0.39, 0.29) is 11.8 Å². The van der Waals surface area contributed by atoms with Gasteiger partial charge in [0, 0.05) is 9.61 Å². The lowest BCUT2D eigenvalue weighted by Gasteiger charge is -2.18. The van der Waals surface area contributed by atoms with Crippen LogP contribution in [0.5, 0.6) is 11.5 Å². The fourth-order valence-corrected chi connectivity index (χ4v) is 2.80. The molecular formula is C15H15ClINO2. The lowest BCUT2D eigenvalue weighted by Crippen LogP contribution is -2.07. The molecule has 1 atom stereocenters. The fraction of sp³-hybridized carbons (Fsp3) is 0.200. The molecule has 0 bridgehead atoms. The summed E-state index contributed by atoms with van der Waals surface area (Å²) in [6.45, 7) is 2.03. The van der Waals surface area contributed by atoms with Crippen molar-refractivity contribution in [2.24, 2.45) is 0 Å². The van der Waals surface area contributed by atoms with Gasteiger partial charge in [-0.05, 0) is 65.4 Å². The largest absolute Gasteiger partial charge is 0.504 e. The first-order chi connectivity index (χ1) is 9.51. The van der Waals surface area contributed by atoms with Crippen molar-refractivity contribution in [2.75, 3.05) is 12.4 Å². The van der Waals surface area contributed by atoms with Gasteiger partial charge in [-0.2, -0.15) is 0 Å². The third-order valence-corrected chi connectivity index (χ3v) is 3.99. The Kier molecular flexibility index (Phi) is 4.99. The quantitative estimate of drug-likeness (QED) is 0.718. The highest BCUT2D eigenvalue weighted by Gasteiger charge is 2.11. The van der Waals surface area contributed by atoms with Crippen molar-refractivity contribution in [2.45, 2.75) is 13.0 Å². The number of nitrogens with one attached hydrogen (secondary N) is 1. The van der Waals surface area contributed by atoms with Crippen molar-refractivity contribution in [3.8, 4) is 11.5 Å². The van der Waals surface area contributed by atoms with Crippen LogP contribution in [0.2, 0.25) is 5.02 Å². The SMILES string of the molecule is COc1cc(C(C)Nc2ccc(I)cc2Cl)ccc1O. The first kappa shape index (κ1) is 15.3. The molecule has 1 unspecified atom stereocenters. The summed E-state index contributed by atoms with van der Waals surface area (Å²) in [5.41, 5.74) is 1.89. The standard InChI is InChI=1S/C15H15ClINO2/c1-9(10-3-6-14(19)15(7-10)20-2)18-13-5-4-11(17)8-12(13)16/h3-9,18-19H,1-2H3. The van der Waals surface area contributed by atoms with Crippen LogP contribution in [0.25, 0.3) is 0 Å². The van der Waals surface area contributed by atoms with Crippen LogP contribution in [-0.4, -0.2) is 12.2 Å². The van der Waals surface area contributed by atoms with E-state index in [9.17, 15) is 5.11 Å². The Morgan fingerprint density at radius 2 is 2.00 bits per heavy atom. The number of aromatic hydroxyl groups is 1. The van der Waals surface area contributed by atoms with Crippen molar-refractivity contribution >= 4 is 39.9 Å². The number of phenols is 1. The summed E-state index contributed by atoms with van der Waals surface area (Å²) < 4.78 is 6.22. The van der Waals surface area contributed by atoms with Gasteiger partial charge in [-0.3, -0.25) is 0 Å². The highest BCUT2D eigenvalue weighted by atomic mass is 127. The molecule has 5 heteroatoms. The van der Waals surface area contributed by atoms with Gasteiger partial charge < -0.3 is 15.2 Å². The molecule has 3 nitrogen and oxygen atoms in total. The van der Waals surface area contributed by atoms with E-state index in [1.54, 1.807) is 6.07 Å². The van der Waals surface area contributed by atoms with Crippen LogP contribution >= 0.6 is 34.2 Å². The number of rotatable bonds is 4.